The van der Waals surface area contributed by atoms with E-state index in [0.29, 0.717) is 10.9 Å². The predicted molar refractivity (Wildman–Crippen MR) is 55.6 cm³/mol. The minimum Gasteiger partial charge on any atom is -0.396 e. The summed E-state index contributed by atoms with van der Waals surface area (Å²) >= 11 is 0. The molecule has 0 saturated carbocycles. The molecule has 76 valence electrons. The molecule has 0 bridgehead atoms. The molecule has 0 atom stereocenters. The average molecular weight is 203 g/mol. The monoisotopic (exact) mass is 203 g/mol. The third-order valence-electron chi connectivity index (χ3n) is 2.05. The number of amides is 1. The van der Waals surface area contributed by atoms with Gasteiger partial charge in [-0.15, -0.1) is 10.2 Å². The molecule has 2 aromatic rings. The standard InChI is InChI=1S/C9H9N5O/c10-7-5-3-1-2-4-6(5)13-14-8(7)9(15)12-11/h1-4H,11H2,(H2,10,13)(H,12,15). The fourth-order valence-corrected chi connectivity index (χ4v) is 1.31. The van der Waals surface area contributed by atoms with Crippen molar-refractivity contribution in [3.63, 3.8) is 0 Å². The Balaban J connectivity index is 2.70. The average Bonchev–Trinajstić information content (AvgIpc) is 2.29. The van der Waals surface area contributed by atoms with E-state index in [1.807, 2.05) is 17.6 Å². The highest BCUT2D eigenvalue weighted by molar-refractivity contribution is 6.04. The summed E-state index contributed by atoms with van der Waals surface area (Å²) in [4.78, 5) is 11.3. The number of nitrogens with one attached hydrogen (secondary N) is 1. The number of hydrogen-bond acceptors (Lipinski definition) is 5. The van der Waals surface area contributed by atoms with Crippen LogP contribution in [0.4, 0.5) is 5.69 Å². The van der Waals surface area contributed by atoms with Gasteiger partial charge in [0.05, 0.1) is 11.2 Å². The van der Waals surface area contributed by atoms with E-state index in [1.54, 1.807) is 12.1 Å². The van der Waals surface area contributed by atoms with E-state index in [2.05, 4.69) is 10.2 Å². The van der Waals surface area contributed by atoms with Gasteiger partial charge in [-0.1, -0.05) is 18.2 Å². The van der Waals surface area contributed by atoms with Crippen molar-refractivity contribution >= 4 is 22.5 Å². The summed E-state index contributed by atoms with van der Waals surface area (Å²) in [5.41, 5.74) is 8.70. The molecule has 5 N–H and O–H groups in total. The van der Waals surface area contributed by atoms with Crippen molar-refractivity contribution in [1.82, 2.24) is 15.6 Å². The quantitative estimate of drug-likeness (QED) is 0.338. The molecule has 0 unspecified atom stereocenters. The Morgan fingerprint density at radius 2 is 2.00 bits per heavy atom. The number of nitrogens with two attached hydrogens (primary N) is 2. The minimum absolute atomic E-state index is 0.0381. The highest BCUT2D eigenvalue weighted by atomic mass is 16.2. The van der Waals surface area contributed by atoms with Crippen molar-refractivity contribution in [1.29, 1.82) is 0 Å². The lowest BCUT2D eigenvalue weighted by atomic mass is 10.1. The first kappa shape index (κ1) is 9.35. The summed E-state index contributed by atoms with van der Waals surface area (Å²) in [6.45, 7) is 0. The second kappa shape index (κ2) is 3.50. The Labute approximate surface area is 85.2 Å². The summed E-state index contributed by atoms with van der Waals surface area (Å²) in [6.07, 6.45) is 0. The SMILES string of the molecule is NNC(=O)c1nnc2ccccc2c1N. The van der Waals surface area contributed by atoms with Gasteiger partial charge in [-0.3, -0.25) is 10.2 Å². The molecule has 1 aromatic heterocycles. The first-order chi connectivity index (χ1) is 7.24. The Morgan fingerprint density at radius 3 is 2.73 bits per heavy atom. The van der Waals surface area contributed by atoms with Gasteiger partial charge in [-0.05, 0) is 6.07 Å². The van der Waals surface area contributed by atoms with Crippen LogP contribution in [0.1, 0.15) is 10.5 Å². The normalized spacial score (nSPS) is 10.2. The third kappa shape index (κ3) is 1.46. The van der Waals surface area contributed by atoms with Crippen LogP contribution in [-0.4, -0.2) is 16.1 Å². The molecule has 0 aliphatic heterocycles. The molecular weight excluding hydrogens is 194 g/mol. The Kier molecular flexibility index (Phi) is 2.18. The van der Waals surface area contributed by atoms with E-state index in [1.165, 1.54) is 0 Å². The number of carbonyl (C=O) groups is 1. The van der Waals surface area contributed by atoms with Gasteiger partial charge in [0.25, 0.3) is 5.91 Å². The molecule has 6 heteroatoms. The zero-order valence-corrected chi connectivity index (χ0v) is 7.77. The number of fused-ring (bicyclic) bond motifs is 1. The molecule has 2 rings (SSSR count). The van der Waals surface area contributed by atoms with Gasteiger partial charge >= 0.3 is 0 Å². The molecule has 0 aliphatic carbocycles. The van der Waals surface area contributed by atoms with E-state index in [-0.39, 0.29) is 11.4 Å². The number of hydrogen-bond donors (Lipinski definition) is 3. The summed E-state index contributed by atoms with van der Waals surface area (Å²) in [6, 6.07) is 7.17. The number of hydrazine groups is 1. The smallest absolute Gasteiger partial charge is 0.287 e. The molecule has 0 saturated heterocycles. The summed E-state index contributed by atoms with van der Waals surface area (Å²) in [7, 11) is 0. The van der Waals surface area contributed by atoms with Gasteiger partial charge < -0.3 is 5.73 Å². The maximum Gasteiger partial charge on any atom is 0.287 e. The van der Waals surface area contributed by atoms with Gasteiger partial charge in [0.15, 0.2) is 5.69 Å². The number of rotatable bonds is 1. The van der Waals surface area contributed by atoms with Crippen LogP contribution in [0.25, 0.3) is 10.9 Å². The second-order valence-corrected chi connectivity index (χ2v) is 2.95. The molecule has 0 aliphatic rings. The first-order valence-electron chi connectivity index (χ1n) is 4.26. The van der Waals surface area contributed by atoms with Crippen molar-refractivity contribution in [2.24, 2.45) is 5.84 Å². The zero-order chi connectivity index (χ0) is 10.8. The highest BCUT2D eigenvalue weighted by Crippen LogP contribution is 2.20. The maximum absolute atomic E-state index is 11.3. The molecule has 1 aromatic carbocycles. The van der Waals surface area contributed by atoms with Gasteiger partial charge in [0, 0.05) is 5.39 Å². The fraction of sp³-hybridized carbons (Fsp3) is 0. The van der Waals surface area contributed by atoms with Crippen LogP contribution in [-0.2, 0) is 0 Å². The zero-order valence-electron chi connectivity index (χ0n) is 7.77. The molecule has 1 heterocycles. The van der Waals surface area contributed by atoms with Crippen LogP contribution in [0.5, 0.6) is 0 Å². The van der Waals surface area contributed by atoms with E-state index in [0.717, 1.165) is 0 Å². The van der Waals surface area contributed by atoms with Crippen LogP contribution in [0.15, 0.2) is 24.3 Å². The molecule has 1 amide bonds. The first-order valence-corrected chi connectivity index (χ1v) is 4.26. The minimum atomic E-state index is -0.550. The predicted octanol–water partition coefficient (Wildman–Crippen LogP) is -0.185. The lowest BCUT2D eigenvalue weighted by molar-refractivity contribution is 0.0949. The molecule has 0 spiro atoms. The van der Waals surface area contributed by atoms with Gasteiger partial charge in [0.1, 0.15) is 0 Å². The molecule has 6 nitrogen and oxygen atoms in total. The van der Waals surface area contributed by atoms with E-state index in [4.69, 9.17) is 11.6 Å². The molecular formula is C9H9N5O. The number of anilines is 1. The van der Waals surface area contributed by atoms with Crippen molar-refractivity contribution in [2.75, 3.05) is 5.73 Å². The lowest BCUT2D eigenvalue weighted by Gasteiger charge is -2.04. The largest absolute Gasteiger partial charge is 0.396 e. The van der Waals surface area contributed by atoms with Gasteiger partial charge in [-0.2, -0.15) is 0 Å². The third-order valence-corrected chi connectivity index (χ3v) is 2.05. The topological polar surface area (TPSA) is 107 Å². The molecule has 15 heavy (non-hydrogen) atoms. The molecule has 0 fully saturated rings. The lowest BCUT2D eigenvalue weighted by Crippen LogP contribution is -2.31. The van der Waals surface area contributed by atoms with Crippen molar-refractivity contribution in [3.8, 4) is 0 Å². The van der Waals surface area contributed by atoms with E-state index in [9.17, 15) is 4.79 Å². The Morgan fingerprint density at radius 1 is 1.27 bits per heavy atom. The van der Waals surface area contributed by atoms with Crippen LogP contribution >= 0.6 is 0 Å². The van der Waals surface area contributed by atoms with E-state index >= 15 is 0 Å². The van der Waals surface area contributed by atoms with Crippen molar-refractivity contribution < 1.29 is 4.79 Å². The van der Waals surface area contributed by atoms with Crippen LogP contribution < -0.4 is 17.0 Å². The summed E-state index contributed by atoms with van der Waals surface area (Å²) in [5.74, 6) is 4.44. The van der Waals surface area contributed by atoms with E-state index < -0.39 is 5.91 Å². The summed E-state index contributed by atoms with van der Waals surface area (Å²) < 4.78 is 0. The molecule has 0 radical (unpaired) electrons. The summed E-state index contributed by atoms with van der Waals surface area (Å²) in [5, 5.41) is 8.26. The number of nitrogens with zero attached hydrogens (tertiary/aromatic N) is 2. The highest BCUT2D eigenvalue weighted by Gasteiger charge is 2.13. The van der Waals surface area contributed by atoms with Gasteiger partial charge in [-0.25, -0.2) is 5.84 Å². The van der Waals surface area contributed by atoms with Gasteiger partial charge in [0.2, 0.25) is 0 Å². The second-order valence-electron chi connectivity index (χ2n) is 2.95. The Bertz CT molecular complexity index is 525. The van der Waals surface area contributed by atoms with Crippen LogP contribution in [0, 0.1) is 0 Å². The van der Waals surface area contributed by atoms with Crippen LogP contribution in [0.3, 0.4) is 0 Å². The number of aromatic nitrogens is 2. The number of carbonyl (C=O) groups excluding carboxylic acids is 1. The fourth-order valence-electron chi connectivity index (χ4n) is 1.31. The maximum atomic E-state index is 11.3. The van der Waals surface area contributed by atoms with Crippen LogP contribution in [0.2, 0.25) is 0 Å². The number of nitrogen functional groups attached to an aromatic ring is 2. The number of benzene rings is 1. The van der Waals surface area contributed by atoms with Crippen molar-refractivity contribution in [3.05, 3.63) is 30.0 Å². The Hall–Kier alpha value is -2.21. The van der Waals surface area contributed by atoms with Crippen molar-refractivity contribution in [2.45, 2.75) is 0 Å².